The molecule has 0 saturated heterocycles. The van der Waals surface area contributed by atoms with Crippen molar-refractivity contribution in [2.45, 2.75) is 0 Å². The highest BCUT2D eigenvalue weighted by Gasteiger charge is 2.25. The number of thiophene rings is 1. The molecule has 0 atom stereocenters. The van der Waals surface area contributed by atoms with Crippen LogP contribution in [0.4, 0.5) is 0 Å². The molecule has 27 heavy (non-hydrogen) atoms. The lowest BCUT2D eigenvalue weighted by Crippen LogP contribution is -1.82. The zero-order valence-electron chi connectivity index (χ0n) is 14.3. The van der Waals surface area contributed by atoms with E-state index in [9.17, 15) is 0 Å². The number of rotatable bonds is 0. The van der Waals surface area contributed by atoms with E-state index in [1.54, 1.807) is 0 Å². The van der Waals surface area contributed by atoms with Gasteiger partial charge in [-0.15, -0.1) is 11.3 Å². The summed E-state index contributed by atoms with van der Waals surface area (Å²) in [5.41, 5.74) is 0. The quantitative estimate of drug-likeness (QED) is 0.241. The molecule has 1 heterocycles. The highest BCUT2D eigenvalue weighted by Crippen LogP contribution is 2.55. The molecule has 0 spiro atoms. The van der Waals surface area contributed by atoms with E-state index >= 15 is 0 Å². The van der Waals surface area contributed by atoms with Crippen LogP contribution in [0.2, 0.25) is 0 Å². The zero-order valence-corrected chi connectivity index (χ0v) is 15.2. The predicted octanol–water partition coefficient (Wildman–Crippen LogP) is 8.13. The largest absolute Gasteiger partial charge is 0.134 e. The number of benzene rings is 6. The molecule has 0 unspecified atom stereocenters. The van der Waals surface area contributed by atoms with Crippen LogP contribution < -0.4 is 0 Å². The van der Waals surface area contributed by atoms with Gasteiger partial charge in [0, 0.05) is 41.7 Å². The third-order valence-electron chi connectivity index (χ3n) is 6.52. The van der Waals surface area contributed by atoms with E-state index in [0.717, 1.165) is 0 Å². The van der Waals surface area contributed by atoms with Gasteiger partial charge in [0.25, 0.3) is 0 Å². The summed E-state index contributed by atoms with van der Waals surface area (Å²) in [6.07, 6.45) is 0. The second kappa shape index (κ2) is 4.05. The van der Waals surface area contributed by atoms with Crippen molar-refractivity contribution in [2.24, 2.45) is 0 Å². The summed E-state index contributed by atoms with van der Waals surface area (Å²) < 4.78 is 2.91. The summed E-state index contributed by atoms with van der Waals surface area (Å²) in [5, 5.41) is 17.1. The van der Waals surface area contributed by atoms with Gasteiger partial charge >= 0.3 is 0 Å². The summed E-state index contributed by atoms with van der Waals surface area (Å²) in [7, 11) is 0. The highest BCUT2D eigenvalue weighted by atomic mass is 32.1. The number of fused-ring (bicyclic) bond motifs is 6. The Morgan fingerprint density at radius 1 is 0.370 bits per heavy atom. The fourth-order valence-corrected chi connectivity index (χ4v) is 6.90. The average Bonchev–Trinajstić information content (AvgIpc) is 3.30. The molecule has 1 heteroatoms. The number of hydrogen-bond acceptors (Lipinski definition) is 1. The van der Waals surface area contributed by atoms with Crippen LogP contribution in [0.3, 0.4) is 0 Å². The van der Waals surface area contributed by atoms with E-state index in [-0.39, 0.29) is 0 Å². The molecule has 0 fully saturated rings. The topological polar surface area (TPSA) is 0 Å². The molecule has 0 bridgehead atoms. The third kappa shape index (κ3) is 1.26. The van der Waals surface area contributed by atoms with Crippen molar-refractivity contribution in [1.82, 2.24) is 0 Å². The molecule has 1 aromatic heterocycles. The van der Waals surface area contributed by atoms with Crippen LogP contribution in [0.1, 0.15) is 0 Å². The Labute approximate surface area is 158 Å². The highest BCUT2D eigenvalue weighted by molar-refractivity contribution is 7.28. The maximum Gasteiger partial charge on any atom is 0.0440 e. The average molecular weight is 356 g/mol. The van der Waals surface area contributed by atoms with Gasteiger partial charge in [0.2, 0.25) is 0 Å². The van der Waals surface area contributed by atoms with Crippen molar-refractivity contribution in [3.8, 4) is 0 Å². The van der Waals surface area contributed by atoms with E-state index in [0.29, 0.717) is 0 Å². The molecule has 0 nitrogen and oxygen atoms in total. The van der Waals surface area contributed by atoms with Crippen LogP contribution in [-0.2, 0) is 0 Å². The van der Waals surface area contributed by atoms with Crippen molar-refractivity contribution >= 4 is 85.4 Å². The maximum absolute atomic E-state index is 2.33. The van der Waals surface area contributed by atoms with Gasteiger partial charge in [0.05, 0.1) is 0 Å². The van der Waals surface area contributed by atoms with Crippen molar-refractivity contribution in [3.63, 3.8) is 0 Å². The van der Waals surface area contributed by atoms with Crippen molar-refractivity contribution in [1.29, 1.82) is 0 Å². The van der Waals surface area contributed by atoms with E-state index in [4.69, 9.17) is 0 Å². The first kappa shape index (κ1) is 13.1. The Hall–Kier alpha value is -3.16. The Bertz CT molecular complexity index is 1690. The fourth-order valence-electron chi connectivity index (χ4n) is 5.51. The molecular weight excluding hydrogens is 344 g/mol. The van der Waals surface area contributed by atoms with Gasteiger partial charge in [-0.3, -0.25) is 0 Å². The van der Waals surface area contributed by atoms with Crippen LogP contribution in [0.5, 0.6) is 0 Å². The van der Waals surface area contributed by atoms with Gasteiger partial charge in [0.1, 0.15) is 0 Å². The lowest BCUT2D eigenvalue weighted by molar-refractivity contribution is 1.83. The predicted molar refractivity (Wildman–Crippen MR) is 120 cm³/mol. The van der Waals surface area contributed by atoms with Gasteiger partial charge in [-0.25, -0.2) is 0 Å². The summed E-state index contributed by atoms with van der Waals surface area (Å²) >= 11 is 1.98. The number of hydrogen-bond donors (Lipinski definition) is 0. The normalized spacial score (nSPS) is 13.2. The van der Waals surface area contributed by atoms with Crippen molar-refractivity contribution < 1.29 is 0 Å². The Kier molecular flexibility index (Phi) is 1.96. The summed E-state index contributed by atoms with van der Waals surface area (Å²) in [4.78, 5) is 0. The Morgan fingerprint density at radius 2 is 0.852 bits per heavy atom. The second-order valence-electron chi connectivity index (χ2n) is 7.68. The first-order valence-corrected chi connectivity index (χ1v) is 10.2. The van der Waals surface area contributed by atoms with Crippen LogP contribution in [-0.4, -0.2) is 0 Å². The minimum absolute atomic E-state index is 1.37. The molecule has 0 amide bonds. The van der Waals surface area contributed by atoms with E-state index < -0.39 is 0 Å². The molecule has 0 aliphatic rings. The molecule has 0 aliphatic heterocycles. The second-order valence-corrected chi connectivity index (χ2v) is 8.70. The first-order chi connectivity index (χ1) is 13.4. The molecule has 0 saturated carbocycles. The maximum atomic E-state index is 2.33. The molecule has 8 rings (SSSR count). The lowest BCUT2D eigenvalue weighted by atomic mass is 9.95. The summed E-state index contributed by atoms with van der Waals surface area (Å²) in [6.45, 7) is 0. The molecule has 8 aromatic rings. The smallest absolute Gasteiger partial charge is 0.0440 e. The van der Waals surface area contributed by atoms with Gasteiger partial charge in [-0.2, -0.15) is 0 Å². The monoisotopic (exact) mass is 356 g/mol. The molecule has 122 valence electrons. The van der Waals surface area contributed by atoms with Gasteiger partial charge in [-0.1, -0.05) is 72.8 Å². The standard InChI is InChI=1S/C26H12S/c1-3-7-18-14(5-1)16-11-9-13-10-12-17-15-6-2-4-8-19(15)26-24-22(17)20(13)21(16)23(24)25(18)27-26/h1-12H. The molecular formula is C26H12S. The molecule has 7 aromatic carbocycles. The van der Waals surface area contributed by atoms with Crippen LogP contribution in [0.15, 0.2) is 72.8 Å². The van der Waals surface area contributed by atoms with Crippen molar-refractivity contribution in [3.05, 3.63) is 72.8 Å². The van der Waals surface area contributed by atoms with Crippen LogP contribution in [0.25, 0.3) is 74.0 Å². The van der Waals surface area contributed by atoms with Gasteiger partial charge in [0.15, 0.2) is 0 Å². The van der Waals surface area contributed by atoms with Crippen molar-refractivity contribution in [2.75, 3.05) is 0 Å². The van der Waals surface area contributed by atoms with E-state index in [1.807, 2.05) is 11.3 Å². The Morgan fingerprint density at radius 3 is 1.37 bits per heavy atom. The van der Waals surface area contributed by atoms with Crippen LogP contribution >= 0.6 is 11.3 Å². The zero-order chi connectivity index (χ0) is 17.3. The van der Waals surface area contributed by atoms with E-state index in [2.05, 4.69) is 72.8 Å². The van der Waals surface area contributed by atoms with Gasteiger partial charge < -0.3 is 0 Å². The SMILES string of the molecule is c1ccc2c(c1)c1ccc3ccc4c5ccccc5c5sc2c2c1c3c4c52. The lowest BCUT2D eigenvalue weighted by Gasteiger charge is -2.10. The molecule has 0 radical (unpaired) electrons. The fraction of sp³-hybridized carbons (Fsp3) is 0. The minimum atomic E-state index is 1.37. The molecule has 0 aliphatic carbocycles. The summed E-state index contributed by atoms with van der Waals surface area (Å²) in [6, 6.07) is 27.2. The first-order valence-electron chi connectivity index (χ1n) is 9.38. The minimum Gasteiger partial charge on any atom is -0.134 e. The van der Waals surface area contributed by atoms with Gasteiger partial charge in [-0.05, 0) is 32.3 Å². The summed E-state index contributed by atoms with van der Waals surface area (Å²) in [5.74, 6) is 0. The Balaban J connectivity index is 1.95. The van der Waals surface area contributed by atoms with Crippen LogP contribution in [0, 0.1) is 0 Å². The van der Waals surface area contributed by atoms with E-state index in [1.165, 1.54) is 74.0 Å². The molecule has 0 N–H and O–H groups in total. The third-order valence-corrected chi connectivity index (χ3v) is 7.77.